The molecule has 0 saturated heterocycles. The average Bonchev–Trinajstić information content (AvgIpc) is 2.66. The molecule has 2 aromatic carbocycles. The number of benzene rings is 2. The Hall–Kier alpha value is -3.55. The first-order valence-electron chi connectivity index (χ1n) is 8.15. The number of hydrogen-bond donors (Lipinski definition) is 2. The van der Waals surface area contributed by atoms with Crippen LogP contribution in [0.3, 0.4) is 0 Å². The van der Waals surface area contributed by atoms with Gasteiger partial charge in [-0.05, 0) is 37.3 Å². The summed E-state index contributed by atoms with van der Waals surface area (Å²) in [7, 11) is 0. The first kappa shape index (κ1) is 18.2. The Bertz CT molecular complexity index is 946. The number of rotatable bonds is 6. The first-order chi connectivity index (χ1) is 13.1. The maximum Gasteiger partial charge on any atom is 0.340 e. The number of nitrogens with one attached hydrogen (secondary N) is 2. The number of ether oxygens (including phenoxy) is 1. The van der Waals surface area contributed by atoms with E-state index in [4.69, 9.17) is 4.74 Å². The van der Waals surface area contributed by atoms with Gasteiger partial charge in [-0.1, -0.05) is 18.2 Å². The second-order valence-corrected chi connectivity index (χ2v) is 5.38. The van der Waals surface area contributed by atoms with Crippen LogP contribution < -0.4 is 10.6 Å². The van der Waals surface area contributed by atoms with Crippen LogP contribution in [-0.2, 0) is 4.74 Å². The topological polar surface area (TPSA) is 76.1 Å². The summed E-state index contributed by atoms with van der Waals surface area (Å²) >= 11 is 0. The van der Waals surface area contributed by atoms with E-state index in [1.165, 1.54) is 12.3 Å². The van der Waals surface area contributed by atoms with Crippen LogP contribution in [0.15, 0.2) is 54.7 Å². The van der Waals surface area contributed by atoms with Gasteiger partial charge < -0.3 is 15.4 Å². The molecule has 0 aliphatic rings. The van der Waals surface area contributed by atoms with E-state index in [9.17, 15) is 13.6 Å². The van der Waals surface area contributed by atoms with Gasteiger partial charge >= 0.3 is 5.97 Å². The summed E-state index contributed by atoms with van der Waals surface area (Å²) in [6, 6.07) is 11.9. The number of carbonyl (C=O) groups excluding carboxylic acids is 1. The highest BCUT2D eigenvalue weighted by atomic mass is 19.1. The molecule has 3 aromatic rings. The van der Waals surface area contributed by atoms with E-state index >= 15 is 0 Å². The molecule has 0 aliphatic heterocycles. The van der Waals surface area contributed by atoms with Crippen molar-refractivity contribution in [3.8, 4) is 0 Å². The fraction of sp³-hybridized carbons (Fsp3) is 0.105. The van der Waals surface area contributed by atoms with Crippen molar-refractivity contribution in [2.75, 3.05) is 17.2 Å². The lowest BCUT2D eigenvalue weighted by molar-refractivity contribution is 0.0527. The van der Waals surface area contributed by atoms with E-state index in [0.717, 1.165) is 12.1 Å². The van der Waals surface area contributed by atoms with Gasteiger partial charge in [0.2, 0.25) is 5.95 Å². The Balaban J connectivity index is 1.84. The minimum absolute atomic E-state index is 0.00221. The molecule has 27 heavy (non-hydrogen) atoms. The molecule has 0 fully saturated rings. The van der Waals surface area contributed by atoms with Gasteiger partial charge in [-0.25, -0.2) is 18.6 Å². The molecule has 3 rings (SSSR count). The molecule has 0 amide bonds. The highest BCUT2D eigenvalue weighted by Crippen LogP contribution is 2.24. The zero-order valence-corrected chi connectivity index (χ0v) is 14.4. The third kappa shape index (κ3) is 4.35. The van der Waals surface area contributed by atoms with Gasteiger partial charge in [0, 0.05) is 6.20 Å². The summed E-state index contributed by atoms with van der Waals surface area (Å²) in [4.78, 5) is 20.2. The maximum atomic E-state index is 13.8. The molecule has 138 valence electrons. The number of aromatic nitrogens is 2. The molecule has 1 heterocycles. The quantitative estimate of drug-likeness (QED) is 0.626. The van der Waals surface area contributed by atoms with Crippen molar-refractivity contribution in [3.63, 3.8) is 0 Å². The van der Waals surface area contributed by atoms with E-state index < -0.39 is 17.6 Å². The zero-order chi connectivity index (χ0) is 19.2. The van der Waals surface area contributed by atoms with Gasteiger partial charge in [-0.3, -0.25) is 0 Å². The predicted molar refractivity (Wildman–Crippen MR) is 97.4 cm³/mol. The van der Waals surface area contributed by atoms with Crippen LogP contribution in [0, 0.1) is 11.6 Å². The second kappa shape index (κ2) is 8.22. The third-order valence-electron chi connectivity index (χ3n) is 3.54. The summed E-state index contributed by atoms with van der Waals surface area (Å²) < 4.78 is 32.6. The van der Waals surface area contributed by atoms with Crippen molar-refractivity contribution in [2.45, 2.75) is 6.92 Å². The number of carbonyl (C=O) groups is 1. The number of para-hydroxylation sites is 2. The van der Waals surface area contributed by atoms with Crippen LogP contribution in [0.25, 0.3) is 0 Å². The van der Waals surface area contributed by atoms with Crippen LogP contribution >= 0.6 is 0 Å². The van der Waals surface area contributed by atoms with Crippen LogP contribution in [-0.4, -0.2) is 22.5 Å². The van der Waals surface area contributed by atoms with Gasteiger partial charge in [0.25, 0.3) is 0 Å². The molecule has 0 atom stereocenters. The highest BCUT2D eigenvalue weighted by Gasteiger charge is 2.13. The van der Waals surface area contributed by atoms with Crippen LogP contribution in [0.2, 0.25) is 0 Å². The Labute approximate surface area is 154 Å². The zero-order valence-electron chi connectivity index (χ0n) is 14.4. The fourth-order valence-corrected chi connectivity index (χ4v) is 2.33. The SMILES string of the molecule is CCOC(=O)c1ccccc1Nc1ccnc(Nc2c(F)cccc2F)n1. The summed E-state index contributed by atoms with van der Waals surface area (Å²) in [5.74, 6) is -1.66. The Kier molecular flexibility index (Phi) is 5.55. The highest BCUT2D eigenvalue weighted by molar-refractivity contribution is 5.96. The van der Waals surface area contributed by atoms with Gasteiger partial charge in [-0.2, -0.15) is 4.98 Å². The third-order valence-corrected chi connectivity index (χ3v) is 3.54. The summed E-state index contributed by atoms with van der Waals surface area (Å²) in [5, 5.41) is 5.51. The fourth-order valence-electron chi connectivity index (χ4n) is 2.33. The second-order valence-electron chi connectivity index (χ2n) is 5.38. The molecule has 0 saturated carbocycles. The molecule has 0 unspecified atom stereocenters. The van der Waals surface area contributed by atoms with E-state index in [1.807, 2.05) is 0 Å². The van der Waals surface area contributed by atoms with Gasteiger partial charge in [0.1, 0.15) is 23.1 Å². The minimum Gasteiger partial charge on any atom is -0.462 e. The van der Waals surface area contributed by atoms with Crippen LogP contribution in [0.1, 0.15) is 17.3 Å². The number of anilines is 4. The lowest BCUT2D eigenvalue weighted by Crippen LogP contribution is -2.09. The largest absolute Gasteiger partial charge is 0.462 e. The van der Waals surface area contributed by atoms with Crippen molar-refractivity contribution in [1.82, 2.24) is 9.97 Å². The molecule has 6 nitrogen and oxygen atoms in total. The summed E-state index contributed by atoms with van der Waals surface area (Å²) in [5.41, 5.74) is 0.479. The molecule has 0 bridgehead atoms. The summed E-state index contributed by atoms with van der Waals surface area (Å²) in [6.45, 7) is 1.97. The molecule has 2 N–H and O–H groups in total. The lowest BCUT2D eigenvalue weighted by atomic mass is 10.2. The maximum absolute atomic E-state index is 13.8. The monoisotopic (exact) mass is 370 g/mol. The first-order valence-corrected chi connectivity index (χ1v) is 8.15. The van der Waals surface area contributed by atoms with Gasteiger partial charge in [-0.15, -0.1) is 0 Å². The van der Waals surface area contributed by atoms with E-state index in [2.05, 4.69) is 20.6 Å². The predicted octanol–water partition coefficient (Wildman–Crippen LogP) is 4.42. The number of esters is 1. The molecule has 1 aromatic heterocycles. The van der Waals surface area contributed by atoms with Crippen molar-refractivity contribution in [1.29, 1.82) is 0 Å². The lowest BCUT2D eigenvalue weighted by Gasteiger charge is -2.12. The summed E-state index contributed by atoms with van der Waals surface area (Å²) in [6.07, 6.45) is 1.42. The molecule has 8 heteroatoms. The van der Waals surface area contributed by atoms with Crippen molar-refractivity contribution in [2.24, 2.45) is 0 Å². The Morgan fingerprint density at radius 2 is 1.78 bits per heavy atom. The van der Waals surface area contributed by atoms with Crippen molar-refractivity contribution < 1.29 is 18.3 Å². The normalized spacial score (nSPS) is 10.3. The van der Waals surface area contributed by atoms with E-state index in [-0.39, 0.29) is 18.2 Å². The number of nitrogens with zero attached hydrogens (tertiary/aromatic N) is 2. The molecule has 0 aliphatic carbocycles. The number of hydrogen-bond acceptors (Lipinski definition) is 6. The minimum atomic E-state index is -0.760. The smallest absolute Gasteiger partial charge is 0.340 e. The van der Waals surface area contributed by atoms with Crippen LogP contribution in [0.5, 0.6) is 0 Å². The Morgan fingerprint density at radius 3 is 2.52 bits per heavy atom. The molecule has 0 spiro atoms. The number of halogens is 2. The molecular weight excluding hydrogens is 354 g/mol. The standard InChI is InChI=1S/C19H16F2N4O2/c1-2-27-18(26)12-6-3-4-9-15(12)23-16-10-11-22-19(24-16)25-17-13(20)7-5-8-14(17)21/h3-11H,2H2,1H3,(H2,22,23,24,25). The average molecular weight is 370 g/mol. The van der Waals surface area contributed by atoms with E-state index in [1.54, 1.807) is 37.3 Å². The van der Waals surface area contributed by atoms with Crippen molar-refractivity contribution >= 4 is 29.1 Å². The van der Waals surface area contributed by atoms with Gasteiger partial charge in [0.15, 0.2) is 0 Å². The van der Waals surface area contributed by atoms with Crippen molar-refractivity contribution in [3.05, 3.63) is 71.9 Å². The van der Waals surface area contributed by atoms with Gasteiger partial charge in [0.05, 0.1) is 17.9 Å². The Morgan fingerprint density at radius 1 is 1.04 bits per heavy atom. The van der Waals surface area contributed by atoms with Crippen LogP contribution in [0.4, 0.5) is 31.9 Å². The molecular formula is C19H16F2N4O2. The molecule has 0 radical (unpaired) electrons. The van der Waals surface area contributed by atoms with E-state index in [0.29, 0.717) is 17.1 Å².